The van der Waals surface area contributed by atoms with E-state index in [1.54, 1.807) is 4.90 Å². The molecule has 1 aliphatic heterocycles. The second-order valence-electron chi connectivity index (χ2n) is 6.90. The summed E-state index contributed by atoms with van der Waals surface area (Å²) in [6.07, 6.45) is 1.17. The van der Waals surface area contributed by atoms with Crippen LogP contribution in [0.25, 0.3) is 16.6 Å². The minimum Gasteiger partial charge on any atom is -0.477 e. The lowest BCUT2D eigenvalue weighted by Gasteiger charge is -2.46. The summed E-state index contributed by atoms with van der Waals surface area (Å²) in [4.78, 5) is 25.9. The molecule has 0 spiro atoms. The number of nitrogens with two attached hydrogens (primary N) is 1. The van der Waals surface area contributed by atoms with Crippen LogP contribution in [0.2, 0.25) is 0 Å². The van der Waals surface area contributed by atoms with Gasteiger partial charge in [-0.05, 0) is 43.3 Å². The summed E-state index contributed by atoms with van der Waals surface area (Å²) in [5.74, 6) is -2.51. The van der Waals surface area contributed by atoms with E-state index < -0.39 is 28.6 Å². The molecular weight excluding hydrogens is 368 g/mol. The zero-order valence-electron chi connectivity index (χ0n) is 14.9. The summed E-state index contributed by atoms with van der Waals surface area (Å²) in [6.45, 7) is 2.34. The van der Waals surface area contributed by atoms with Crippen molar-refractivity contribution in [1.82, 2.24) is 4.57 Å². The van der Waals surface area contributed by atoms with Gasteiger partial charge in [0.1, 0.15) is 17.2 Å². The molecule has 0 unspecified atom stereocenters. The predicted molar refractivity (Wildman–Crippen MR) is 101 cm³/mol. The molecule has 2 aromatic carbocycles. The SMILES string of the molecule is C[C@@H]1[C@@H](N)CN1c1cc2c(cc1F)c(=O)c(C(=O)O)cn2-c1ccc(F)cc1. The van der Waals surface area contributed by atoms with Gasteiger partial charge in [-0.1, -0.05) is 0 Å². The number of pyridine rings is 1. The second kappa shape index (κ2) is 6.42. The van der Waals surface area contributed by atoms with Gasteiger partial charge in [0.25, 0.3) is 0 Å². The Balaban J connectivity index is 2.02. The molecular formula is C20H17F2N3O3. The molecule has 144 valence electrons. The van der Waals surface area contributed by atoms with Gasteiger partial charge in [0.05, 0.1) is 11.2 Å². The van der Waals surface area contributed by atoms with Gasteiger partial charge in [-0.3, -0.25) is 4.79 Å². The maximum absolute atomic E-state index is 14.8. The van der Waals surface area contributed by atoms with E-state index in [0.717, 1.165) is 6.07 Å². The molecule has 4 rings (SSSR count). The highest BCUT2D eigenvalue weighted by Crippen LogP contribution is 2.32. The van der Waals surface area contributed by atoms with E-state index in [1.165, 1.54) is 41.1 Å². The van der Waals surface area contributed by atoms with E-state index in [1.807, 2.05) is 6.92 Å². The van der Waals surface area contributed by atoms with Gasteiger partial charge in [-0.2, -0.15) is 0 Å². The summed E-state index contributed by atoms with van der Waals surface area (Å²) < 4.78 is 29.5. The van der Waals surface area contributed by atoms with Gasteiger partial charge in [-0.25, -0.2) is 13.6 Å². The third-order valence-corrected chi connectivity index (χ3v) is 5.24. The Morgan fingerprint density at radius 1 is 1.21 bits per heavy atom. The highest BCUT2D eigenvalue weighted by Gasteiger charge is 2.34. The fourth-order valence-electron chi connectivity index (χ4n) is 3.48. The Hall–Kier alpha value is -3.26. The van der Waals surface area contributed by atoms with Gasteiger partial charge in [-0.15, -0.1) is 0 Å². The smallest absolute Gasteiger partial charge is 0.341 e. The van der Waals surface area contributed by atoms with Crippen molar-refractivity contribution in [2.24, 2.45) is 5.73 Å². The molecule has 8 heteroatoms. The fourth-order valence-corrected chi connectivity index (χ4v) is 3.48. The molecule has 2 atom stereocenters. The quantitative estimate of drug-likeness (QED) is 0.723. The van der Waals surface area contributed by atoms with Crippen molar-refractivity contribution in [3.8, 4) is 5.69 Å². The average Bonchev–Trinajstić information content (AvgIpc) is 2.67. The van der Waals surface area contributed by atoms with E-state index >= 15 is 0 Å². The molecule has 1 aromatic heterocycles. The van der Waals surface area contributed by atoms with Crippen LogP contribution in [-0.2, 0) is 0 Å². The van der Waals surface area contributed by atoms with E-state index in [4.69, 9.17) is 5.73 Å². The first-order valence-corrected chi connectivity index (χ1v) is 8.68. The van der Waals surface area contributed by atoms with Gasteiger partial charge in [0.15, 0.2) is 0 Å². The van der Waals surface area contributed by atoms with Gasteiger partial charge >= 0.3 is 5.97 Å². The minimum absolute atomic E-state index is 0.0667. The highest BCUT2D eigenvalue weighted by atomic mass is 19.1. The van der Waals surface area contributed by atoms with Crippen LogP contribution in [0.3, 0.4) is 0 Å². The Morgan fingerprint density at radius 3 is 2.46 bits per heavy atom. The number of carboxylic acids is 1. The zero-order chi connectivity index (χ0) is 20.2. The molecule has 0 amide bonds. The summed E-state index contributed by atoms with van der Waals surface area (Å²) in [7, 11) is 0. The lowest BCUT2D eigenvalue weighted by atomic mass is 9.97. The average molecular weight is 385 g/mol. The lowest BCUT2D eigenvalue weighted by Crippen LogP contribution is -2.63. The van der Waals surface area contributed by atoms with Crippen molar-refractivity contribution >= 4 is 22.6 Å². The number of hydrogen-bond donors (Lipinski definition) is 2. The van der Waals surface area contributed by atoms with Crippen LogP contribution >= 0.6 is 0 Å². The van der Waals surface area contributed by atoms with Crippen LogP contribution in [0, 0.1) is 11.6 Å². The monoisotopic (exact) mass is 385 g/mol. The van der Waals surface area contributed by atoms with Gasteiger partial charge in [0.2, 0.25) is 5.43 Å². The van der Waals surface area contributed by atoms with Crippen LogP contribution in [-0.4, -0.2) is 34.3 Å². The first-order chi connectivity index (χ1) is 13.3. The summed E-state index contributed by atoms with van der Waals surface area (Å²) >= 11 is 0. The first kappa shape index (κ1) is 18.1. The number of rotatable bonds is 3. The Labute approximate surface area is 158 Å². The molecule has 1 fully saturated rings. The number of nitrogens with zero attached hydrogens (tertiary/aromatic N) is 2. The molecule has 3 aromatic rings. The van der Waals surface area contributed by atoms with Gasteiger partial charge < -0.3 is 20.3 Å². The van der Waals surface area contributed by atoms with Crippen LogP contribution in [0.5, 0.6) is 0 Å². The Kier molecular flexibility index (Phi) is 4.15. The van der Waals surface area contributed by atoms with Gasteiger partial charge in [0, 0.05) is 35.9 Å². The number of benzene rings is 2. The third kappa shape index (κ3) is 2.73. The number of anilines is 1. The summed E-state index contributed by atoms with van der Waals surface area (Å²) in [5.41, 5.74) is 5.68. The predicted octanol–water partition coefficient (Wildman–Crippen LogP) is 2.50. The normalized spacial score (nSPS) is 18.9. The van der Waals surface area contributed by atoms with Crippen LogP contribution in [0.4, 0.5) is 14.5 Å². The molecule has 2 heterocycles. The van der Waals surface area contributed by atoms with Crippen molar-refractivity contribution in [3.05, 3.63) is 70.0 Å². The molecule has 6 nitrogen and oxygen atoms in total. The van der Waals surface area contributed by atoms with E-state index in [2.05, 4.69) is 0 Å². The standard InChI is InChI=1S/C20H17F2N3O3/c1-10-16(23)9-24(10)18-7-17-13(6-15(18)22)19(26)14(20(27)28)8-25(17)12-4-2-11(21)3-5-12/h2-8,10,16H,9,23H2,1H3,(H,27,28)/t10-,16+/m1/s1. The van der Waals surface area contributed by atoms with Crippen molar-refractivity contribution < 1.29 is 18.7 Å². The maximum Gasteiger partial charge on any atom is 0.341 e. The second-order valence-corrected chi connectivity index (χ2v) is 6.90. The number of aromatic nitrogens is 1. The molecule has 1 aliphatic rings. The van der Waals surface area contributed by atoms with Crippen molar-refractivity contribution in [2.45, 2.75) is 19.0 Å². The lowest BCUT2D eigenvalue weighted by molar-refractivity contribution is 0.0695. The number of halogens is 2. The molecule has 1 saturated heterocycles. The van der Waals surface area contributed by atoms with Crippen LogP contribution < -0.4 is 16.1 Å². The maximum atomic E-state index is 14.8. The molecule has 28 heavy (non-hydrogen) atoms. The molecule has 0 aliphatic carbocycles. The van der Waals surface area contributed by atoms with Crippen LogP contribution in [0.15, 0.2) is 47.4 Å². The molecule has 0 bridgehead atoms. The largest absolute Gasteiger partial charge is 0.477 e. The van der Waals surface area contributed by atoms with E-state index in [-0.39, 0.29) is 23.2 Å². The van der Waals surface area contributed by atoms with E-state index in [0.29, 0.717) is 17.7 Å². The van der Waals surface area contributed by atoms with Crippen LogP contribution in [0.1, 0.15) is 17.3 Å². The van der Waals surface area contributed by atoms with Crippen molar-refractivity contribution in [1.29, 1.82) is 0 Å². The number of carbonyl (C=O) groups is 1. The number of aromatic carboxylic acids is 1. The number of fused-ring (bicyclic) bond motifs is 1. The Morgan fingerprint density at radius 2 is 1.89 bits per heavy atom. The highest BCUT2D eigenvalue weighted by molar-refractivity contribution is 5.94. The minimum atomic E-state index is -1.42. The first-order valence-electron chi connectivity index (χ1n) is 8.68. The topological polar surface area (TPSA) is 88.6 Å². The summed E-state index contributed by atoms with van der Waals surface area (Å²) in [5, 5.41) is 9.31. The zero-order valence-corrected chi connectivity index (χ0v) is 14.9. The number of carboxylic acid groups (broad SMARTS) is 1. The molecule has 0 radical (unpaired) electrons. The van der Waals surface area contributed by atoms with Crippen molar-refractivity contribution in [3.63, 3.8) is 0 Å². The molecule has 3 N–H and O–H groups in total. The fraction of sp³-hybridized carbons (Fsp3) is 0.200. The Bertz CT molecular complexity index is 1160. The van der Waals surface area contributed by atoms with Crippen molar-refractivity contribution in [2.75, 3.05) is 11.4 Å². The number of hydrogen-bond acceptors (Lipinski definition) is 4. The third-order valence-electron chi connectivity index (χ3n) is 5.24. The van der Waals surface area contributed by atoms with E-state index in [9.17, 15) is 23.5 Å². The summed E-state index contributed by atoms with van der Waals surface area (Å²) in [6, 6.07) is 7.76. The molecule has 0 saturated carbocycles.